The maximum atomic E-state index is 6.11. The van der Waals surface area contributed by atoms with Crippen molar-refractivity contribution < 1.29 is 4.74 Å². The molecule has 0 aromatic heterocycles. The highest BCUT2D eigenvalue weighted by molar-refractivity contribution is 6.30. The van der Waals surface area contributed by atoms with Gasteiger partial charge in [0.2, 0.25) is 0 Å². The molecular weight excluding hydrogens is 258 g/mol. The summed E-state index contributed by atoms with van der Waals surface area (Å²) >= 11 is 6.11. The Hall–Kier alpha value is -0.730. The molecule has 0 aliphatic rings. The maximum absolute atomic E-state index is 6.11. The molecule has 0 aliphatic heterocycles. The van der Waals surface area contributed by atoms with E-state index >= 15 is 0 Å². The highest BCUT2D eigenvalue weighted by atomic mass is 35.5. The molecule has 0 bridgehead atoms. The van der Waals surface area contributed by atoms with Crippen LogP contribution in [0.3, 0.4) is 0 Å². The zero-order valence-electron chi connectivity index (χ0n) is 12.7. The third-order valence-electron chi connectivity index (χ3n) is 3.72. The summed E-state index contributed by atoms with van der Waals surface area (Å²) in [6.45, 7) is 9.95. The summed E-state index contributed by atoms with van der Waals surface area (Å²) in [7, 11) is 1.71. The van der Waals surface area contributed by atoms with Crippen LogP contribution in [0.2, 0.25) is 5.02 Å². The zero-order chi connectivity index (χ0) is 14.4. The molecule has 0 aliphatic carbocycles. The molecule has 108 valence electrons. The van der Waals surface area contributed by atoms with Crippen molar-refractivity contribution in [3.05, 3.63) is 28.8 Å². The van der Waals surface area contributed by atoms with Gasteiger partial charge in [-0.1, -0.05) is 32.4 Å². The van der Waals surface area contributed by atoms with Gasteiger partial charge in [-0.3, -0.25) is 0 Å². The van der Waals surface area contributed by atoms with E-state index < -0.39 is 0 Å². The molecule has 0 saturated heterocycles. The Morgan fingerprint density at radius 2 is 1.95 bits per heavy atom. The topological polar surface area (TPSA) is 21.3 Å². The van der Waals surface area contributed by atoms with Crippen molar-refractivity contribution in [1.29, 1.82) is 0 Å². The molecule has 0 amide bonds. The SMILES string of the molecule is CCNC(C)C(Cc1cc(Cl)ccc1OC)C(C)C. The van der Waals surface area contributed by atoms with Crippen molar-refractivity contribution in [2.45, 2.75) is 40.2 Å². The Balaban J connectivity index is 2.92. The van der Waals surface area contributed by atoms with Crippen molar-refractivity contribution in [3.8, 4) is 5.75 Å². The van der Waals surface area contributed by atoms with Gasteiger partial charge in [0, 0.05) is 11.1 Å². The fourth-order valence-corrected chi connectivity index (χ4v) is 2.82. The monoisotopic (exact) mass is 283 g/mol. The van der Waals surface area contributed by atoms with Crippen LogP contribution in [0.25, 0.3) is 0 Å². The van der Waals surface area contributed by atoms with E-state index in [9.17, 15) is 0 Å². The van der Waals surface area contributed by atoms with Gasteiger partial charge in [0.05, 0.1) is 7.11 Å². The van der Waals surface area contributed by atoms with E-state index in [0.717, 1.165) is 23.7 Å². The van der Waals surface area contributed by atoms with E-state index in [1.807, 2.05) is 18.2 Å². The van der Waals surface area contributed by atoms with Crippen LogP contribution in [0.15, 0.2) is 18.2 Å². The van der Waals surface area contributed by atoms with Crippen molar-refractivity contribution >= 4 is 11.6 Å². The second kappa shape index (κ2) is 7.76. The van der Waals surface area contributed by atoms with E-state index in [4.69, 9.17) is 16.3 Å². The van der Waals surface area contributed by atoms with Crippen LogP contribution < -0.4 is 10.1 Å². The van der Waals surface area contributed by atoms with Crippen LogP contribution in [-0.4, -0.2) is 19.7 Å². The molecule has 0 saturated carbocycles. The lowest BCUT2D eigenvalue weighted by molar-refractivity contribution is 0.288. The number of halogens is 1. The first-order valence-corrected chi connectivity index (χ1v) is 7.43. The van der Waals surface area contributed by atoms with Crippen LogP contribution in [0.5, 0.6) is 5.75 Å². The van der Waals surface area contributed by atoms with Gasteiger partial charge in [-0.15, -0.1) is 0 Å². The van der Waals surface area contributed by atoms with Gasteiger partial charge < -0.3 is 10.1 Å². The lowest BCUT2D eigenvalue weighted by Gasteiger charge is -2.28. The Labute approximate surface area is 122 Å². The summed E-state index contributed by atoms with van der Waals surface area (Å²) in [6.07, 6.45) is 0.982. The average Bonchev–Trinajstić information content (AvgIpc) is 2.36. The van der Waals surface area contributed by atoms with E-state index in [2.05, 4.69) is 33.0 Å². The number of ether oxygens (including phenoxy) is 1. The van der Waals surface area contributed by atoms with Gasteiger partial charge >= 0.3 is 0 Å². The van der Waals surface area contributed by atoms with Crippen molar-refractivity contribution in [2.24, 2.45) is 11.8 Å². The molecule has 2 nitrogen and oxygen atoms in total. The van der Waals surface area contributed by atoms with E-state index in [1.54, 1.807) is 7.11 Å². The molecule has 0 radical (unpaired) electrons. The Kier molecular flexibility index (Phi) is 6.67. The van der Waals surface area contributed by atoms with E-state index in [1.165, 1.54) is 5.56 Å². The molecule has 0 spiro atoms. The first-order valence-electron chi connectivity index (χ1n) is 7.05. The summed E-state index contributed by atoms with van der Waals surface area (Å²) in [6, 6.07) is 6.33. The number of benzene rings is 1. The minimum absolute atomic E-state index is 0.480. The van der Waals surface area contributed by atoms with Crippen molar-refractivity contribution in [1.82, 2.24) is 5.32 Å². The van der Waals surface area contributed by atoms with Crippen molar-refractivity contribution in [2.75, 3.05) is 13.7 Å². The molecule has 1 aromatic rings. The van der Waals surface area contributed by atoms with Gasteiger partial charge in [0.1, 0.15) is 5.75 Å². The number of hydrogen-bond acceptors (Lipinski definition) is 2. The fourth-order valence-electron chi connectivity index (χ4n) is 2.62. The highest BCUT2D eigenvalue weighted by Crippen LogP contribution is 2.29. The summed E-state index contributed by atoms with van der Waals surface area (Å²) < 4.78 is 5.44. The molecule has 19 heavy (non-hydrogen) atoms. The summed E-state index contributed by atoms with van der Waals surface area (Å²) in [5, 5.41) is 4.30. The van der Waals surface area contributed by atoms with Crippen LogP contribution in [0.1, 0.15) is 33.3 Å². The maximum Gasteiger partial charge on any atom is 0.122 e. The van der Waals surface area contributed by atoms with Gasteiger partial charge in [-0.05, 0) is 55.5 Å². The van der Waals surface area contributed by atoms with Crippen molar-refractivity contribution in [3.63, 3.8) is 0 Å². The van der Waals surface area contributed by atoms with Gasteiger partial charge in [0.25, 0.3) is 0 Å². The first kappa shape index (κ1) is 16.3. The Bertz CT molecular complexity index is 392. The smallest absolute Gasteiger partial charge is 0.122 e. The lowest BCUT2D eigenvalue weighted by atomic mass is 9.83. The quantitative estimate of drug-likeness (QED) is 0.811. The normalized spacial score (nSPS) is 14.5. The predicted octanol–water partition coefficient (Wildman–Crippen LogP) is 4.16. The number of rotatable bonds is 7. The van der Waals surface area contributed by atoms with Crippen LogP contribution in [0, 0.1) is 11.8 Å². The summed E-state index contributed by atoms with van der Waals surface area (Å²) in [5.74, 6) is 2.10. The average molecular weight is 284 g/mol. The van der Waals surface area contributed by atoms with E-state index in [-0.39, 0.29) is 0 Å². The lowest BCUT2D eigenvalue weighted by Crippen LogP contribution is -2.37. The van der Waals surface area contributed by atoms with Crippen LogP contribution in [-0.2, 0) is 6.42 Å². The second-order valence-corrected chi connectivity index (χ2v) is 5.85. The second-order valence-electron chi connectivity index (χ2n) is 5.41. The standard InChI is InChI=1S/C16H26ClNO/c1-6-18-12(4)15(11(2)3)10-13-9-14(17)7-8-16(13)19-5/h7-9,11-12,15,18H,6,10H2,1-5H3. The largest absolute Gasteiger partial charge is 0.496 e. The molecule has 2 unspecified atom stereocenters. The number of nitrogens with one attached hydrogen (secondary N) is 1. The number of methoxy groups -OCH3 is 1. The number of hydrogen-bond donors (Lipinski definition) is 1. The fraction of sp³-hybridized carbons (Fsp3) is 0.625. The summed E-state index contributed by atoms with van der Waals surface area (Å²) in [4.78, 5) is 0. The van der Waals surface area contributed by atoms with Gasteiger partial charge in [-0.25, -0.2) is 0 Å². The predicted molar refractivity (Wildman–Crippen MR) is 83.2 cm³/mol. The molecule has 3 heteroatoms. The highest BCUT2D eigenvalue weighted by Gasteiger charge is 2.22. The van der Waals surface area contributed by atoms with E-state index in [0.29, 0.717) is 17.9 Å². The molecular formula is C16H26ClNO. The molecule has 1 N–H and O–H groups in total. The molecule has 0 fully saturated rings. The Morgan fingerprint density at radius 1 is 1.26 bits per heavy atom. The molecule has 2 atom stereocenters. The van der Waals surface area contributed by atoms with Gasteiger partial charge in [0.15, 0.2) is 0 Å². The first-order chi connectivity index (χ1) is 8.99. The zero-order valence-corrected chi connectivity index (χ0v) is 13.4. The third kappa shape index (κ3) is 4.70. The minimum atomic E-state index is 0.480. The van der Waals surface area contributed by atoms with Crippen LogP contribution >= 0.6 is 11.6 Å². The van der Waals surface area contributed by atoms with Gasteiger partial charge in [-0.2, -0.15) is 0 Å². The molecule has 0 heterocycles. The Morgan fingerprint density at radius 3 is 2.47 bits per heavy atom. The third-order valence-corrected chi connectivity index (χ3v) is 3.96. The minimum Gasteiger partial charge on any atom is -0.496 e. The van der Waals surface area contributed by atoms with Crippen LogP contribution in [0.4, 0.5) is 0 Å². The molecule has 1 aromatic carbocycles. The molecule has 1 rings (SSSR count). The summed E-state index contributed by atoms with van der Waals surface area (Å²) in [5.41, 5.74) is 1.19.